The highest BCUT2D eigenvalue weighted by Crippen LogP contribution is 2.15. The Morgan fingerprint density at radius 1 is 1.35 bits per heavy atom. The van der Waals surface area contributed by atoms with Gasteiger partial charge in [-0.1, -0.05) is 6.08 Å². The van der Waals surface area contributed by atoms with Gasteiger partial charge >= 0.3 is 0 Å². The molecule has 1 aliphatic rings. The maximum Gasteiger partial charge on any atom is 0.253 e. The second kappa shape index (κ2) is 6.86. The van der Waals surface area contributed by atoms with Gasteiger partial charge in [-0.15, -0.1) is 6.58 Å². The first-order chi connectivity index (χ1) is 9.70. The van der Waals surface area contributed by atoms with Crippen molar-refractivity contribution in [2.45, 2.75) is 18.9 Å². The fourth-order valence-corrected chi connectivity index (χ4v) is 1.98. The molecule has 1 aromatic carbocycles. The standard InChI is InChI=1S/C15H18N2O3/c1-2-9-16-14(18)11-5-7-12(8-6-11)17-15(19)13-4-3-10-20-13/h2,5-8,13H,1,3-4,9-10H2,(H,16,18)(H,17,19). The number of carbonyl (C=O) groups excluding carboxylic acids is 2. The maximum atomic E-state index is 11.8. The second-order valence-corrected chi connectivity index (χ2v) is 4.57. The lowest BCUT2D eigenvalue weighted by Gasteiger charge is -2.10. The number of hydrogen-bond acceptors (Lipinski definition) is 3. The highest BCUT2D eigenvalue weighted by molar-refractivity contribution is 5.96. The van der Waals surface area contributed by atoms with Gasteiger partial charge in [0.05, 0.1) is 0 Å². The van der Waals surface area contributed by atoms with Crippen LogP contribution in [0.2, 0.25) is 0 Å². The third kappa shape index (κ3) is 3.68. The first-order valence-corrected chi connectivity index (χ1v) is 6.62. The summed E-state index contributed by atoms with van der Waals surface area (Å²) >= 11 is 0. The quantitative estimate of drug-likeness (QED) is 0.803. The largest absolute Gasteiger partial charge is 0.368 e. The smallest absolute Gasteiger partial charge is 0.253 e. The summed E-state index contributed by atoms with van der Waals surface area (Å²) in [7, 11) is 0. The third-order valence-electron chi connectivity index (χ3n) is 3.04. The minimum Gasteiger partial charge on any atom is -0.368 e. The molecule has 0 radical (unpaired) electrons. The Hall–Kier alpha value is -2.14. The van der Waals surface area contributed by atoms with Gasteiger partial charge < -0.3 is 15.4 Å². The van der Waals surface area contributed by atoms with Gasteiger partial charge in [0, 0.05) is 24.4 Å². The van der Waals surface area contributed by atoms with Crippen LogP contribution in [-0.4, -0.2) is 31.1 Å². The van der Waals surface area contributed by atoms with Crippen LogP contribution in [0.4, 0.5) is 5.69 Å². The molecule has 1 aromatic rings. The Balaban J connectivity index is 1.92. The predicted octanol–water partition coefficient (Wildman–Crippen LogP) is 1.72. The van der Waals surface area contributed by atoms with E-state index in [1.807, 2.05) is 0 Å². The molecule has 1 heterocycles. The van der Waals surface area contributed by atoms with Crippen LogP contribution in [0, 0.1) is 0 Å². The molecule has 0 saturated carbocycles. The van der Waals surface area contributed by atoms with E-state index in [0.29, 0.717) is 24.4 Å². The topological polar surface area (TPSA) is 67.4 Å². The summed E-state index contributed by atoms with van der Waals surface area (Å²) in [5.74, 6) is -0.298. The minimum atomic E-state index is -0.356. The Morgan fingerprint density at radius 2 is 2.10 bits per heavy atom. The Morgan fingerprint density at radius 3 is 2.70 bits per heavy atom. The molecule has 2 N–H and O–H groups in total. The average molecular weight is 274 g/mol. The van der Waals surface area contributed by atoms with Crippen molar-refractivity contribution in [3.05, 3.63) is 42.5 Å². The van der Waals surface area contributed by atoms with E-state index >= 15 is 0 Å². The van der Waals surface area contributed by atoms with Gasteiger partial charge in [-0.2, -0.15) is 0 Å². The van der Waals surface area contributed by atoms with Crippen LogP contribution in [0.5, 0.6) is 0 Å². The molecule has 20 heavy (non-hydrogen) atoms. The lowest BCUT2D eigenvalue weighted by atomic mass is 10.2. The van der Waals surface area contributed by atoms with Gasteiger partial charge in [0.1, 0.15) is 6.10 Å². The molecular weight excluding hydrogens is 256 g/mol. The molecule has 0 spiro atoms. The molecule has 106 valence electrons. The van der Waals surface area contributed by atoms with Crippen LogP contribution in [0.25, 0.3) is 0 Å². The van der Waals surface area contributed by atoms with Crippen LogP contribution in [0.1, 0.15) is 23.2 Å². The number of hydrogen-bond donors (Lipinski definition) is 2. The second-order valence-electron chi connectivity index (χ2n) is 4.57. The molecule has 5 heteroatoms. The van der Waals surface area contributed by atoms with Crippen molar-refractivity contribution in [3.63, 3.8) is 0 Å². The zero-order chi connectivity index (χ0) is 14.4. The summed E-state index contributed by atoms with van der Waals surface area (Å²) in [6.45, 7) is 4.60. The number of carbonyl (C=O) groups is 2. The number of rotatable bonds is 5. The molecule has 0 aromatic heterocycles. The molecule has 1 fully saturated rings. The Bertz CT molecular complexity index is 490. The van der Waals surface area contributed by atoms with Crippen LogP contribution in [0.15, 0.2) is 36.9 Å². The normalized spacial score (nSPS) is 17.5. The van der Waals surface area contributed by atoms with E-state index in [4.69, 9.17) is 4.74 Å². The van der Waals surface area contributed by atoms with Crippen molar-refractivity contribution in [2.24, 2.45) is 0 Å². The molecule has 2 amide bonds. The van der Waals surface area contributed by atoms with Crippen LogP contribution in [-0.2, 0) is 9.53 Å². The highest BCUT2D eigenvalue weighted by Gasteiger charge is 2.23. The lowest BCUT2D eigenvalue weighted by Crippen LogP contribution is -2.27. The average Bonchev–Trinajstić information content (AvgIpc) is 3.00. The molecule has 0 bridgehead atoms. The zero-order valence-electron chi connectivity index (χ0n) is 11.2. The van der Waals surface area contributed by atoms with Gasteiger partial charge in [-0.25, -0.2) is 0 Å². The van der Waals surface area contributed by atoms with E-state index in [1.165, 1.54) is 0 Å². The summed E-state index contributed by atoms with van der Waals surface area (Å²) in [4.78, 5) is 23.5. The van der Waals surface area contributed by atoms with Gasteiger partial charge in [-0.3, -0.25) is 9.59 Å². The zero-order valence-corrected chi connectivity index (χ0v) is 11.2. The SMILES string of the molecule is C=CCNC(=O)c1ccc(NC(=O)C2CCCO2)cc1. The van der Waals surface area contributed by atoms with Crippen molar-refractivity contribution in [1.82, 2.24) is 5.32 Å². The molecule has 1 unspecified atom stereocenters. The molecule has 0 aliphatic carbocycles. The molecular formula is C15H18N2O3. The Labute approximate surface area is 118 Å². The van der Waals surface area contributed by atoms with Gasteiger partial charge in [0.25, 0.3) is 11.8 Å². The minimum absolute atomic E-state index is 0.133. The summed E-state index contributed by atoms with van der Waals surface area (Å²) in [5, 5.41) is 5.47. The van der Waals surface area contributed by atoms with Crippen LogP contribution >= 0.6 is 0 Å². The molecule has 5 nitrogen and oxygen atoms in total. The fourth-order valence-electron chi connectivity index (χ4n) is 1.98. The first kappa shape index (κ1) is 14.3. The van der Waals surface area contributed by atoms with Gasteiger partial charge in [0.2, 0.25) is 0 Å². The van der Waals surface area contributed by atoms with Gasteiger partial charge in [0.15, 0.2) is 0 Å². The lowest BCUT2D eigenvalue weighted by molar-refractivity contribution is -0.124. The van der Waals surface area contributed by atoms with E-state index in [9.17, 15) is 9.59 Å². The molecule has 1 atom stereocenters. The number of anilines is 1. The van der Waals surface area contributed by atoms with Crippen molar-refractivity contribution in [3.8, 4) is 0 Å². The van der Waals surface area contributed by atoms with Crippen molar-refractivity contribution in [2.75, 3.05) is 18.5 Å². The molecule has 2 rings (SSSR count). The van der Waals surface area contributed by atoms with E-state index in [0.717, 1.165) is 12.8 Å². The summed E-state index contributed by atoms with van der Waals surface area (Å²) < 4.78 is 5.31. The maximum absolute atomic E-state index is 11.8. The van der Waals surface area contributed by atoms with Crippen molar-refractivity contribution >= 4 is 17.5 Å². The monoisotopic (exact) mass is 274 g/mol. The number of benzene rings is 1. The van der Waals surface area contributed by atoms with Crippen molar-refractivity contribution < 1.29 is 14.3 Å². The van der Waals surface area contributed by atoms with E-state index in [-0.39, 0.29) is 17.9 Å². The summed E-state index contributed by atoms with van der Waals surface area (Å²) in [6.07, 6.45) is 2.94. The highest BCUT2D eigenvalue weighted by atomic mass is 16.5. The summed E-state index contributed by atoms with van der Waals surface area (Å²) in [5.41, 5.74) is 1.20. The molecule has 1 aliphatic heterocycles. The predicted molar refractivity (Wildman–Crippen MR) is 76.6 cm³/mol. The number of amides is 2. The summed E-state index contributed by atoms with van der Waals surface area (Å²) in [6, 6.07) is 6.75. The Kier molecular flexibility index (Phi) is 4.90. The number of nitrogens with one attached hydrogen (secondary N) is 2. The first-order valence-electron chi connectivity index (χ1n) is 6.62. The van der Waals surface area contributed by atoms with E-state index in [1.54, 1.807) is 30.3 Å². The fraction of sp³-hybridized carbons (Fsp3) is 0.333. The van der Waals surface area contributed by atoms with Crippen LogP contribution < -0.4 is 10.6 Å². The van der Waals surface area contributed by atoms with Crippen molar-refractivity contribution in [1.29, 1.82) is 0 Å². The van der Waals surface area contributed by atoms with E-state index in [2.05, 4.69) is 17.2 Å². The van der Waals surface area contributed by atoms with Gasteiger partial charge in [-0.05, 0) is 37.1 Å². The van der Waals surface area contributed by atoms with E-state index < -0.39 is 0 Å². The number of ether oxygens (including phenoxy) is 1. The third-order valence-corrected chi connectivity index (χ3v) is 3.04. The molecule has 1 saturated heterocycles. The van der Waals surface area contributed by atoms with Crippen LogP contribution in [0.3, 0.4) is 0 Å².